The minimum absolute atomic E-state index is 0.271. The van der Waals surface area contributed by atoms with Gasteiger partial charge in [-0.1, -0.05) is 19.9 Å². The molecule has 132 valence electrons. The number of carbonyl (C=O) groups is 2. The Morgan fingerprint density at radius 1 is 1.32 bits per heavy atom. The van der Waals surface area contributed by atoms with Gasteiger partial charge in [0.1, 0.15) is 10.6 Å². The van der Waals surface area contributed by atoms with Gasteiger partial charge in [0, 0.05) is 12.0 Å². The van der Waals surface area contributed by atoms with Crippen molar-refractivity contribution in [3.05, 3.63) is 39.6 Å². The number of nitrogens with two attached hydrogens (primary N) is 1. The van der Waals surface area contributed by atoms with Crippen molar-refractivity contribution in [2.24, 2.45) is 5.73 Å². The van der Waals surface area contributed by atoms with E-state index in [2.05, 4.69) is 23.9 Å². The number of rotatable bonds is 5. The maximum absolute atomic E-state index is 12.4. The molecule has 0 saturated heterocycles. The van der Waals surface area contributed by atoms with Gasteiger partial charge in [-0.05, 0) is 40.9 Å². The van der Waals surface area contributed by atoms with Gasteiger partial charge >= 0.3 is 6.03 Å². The molecule has 0 atom stereocenters. The quantitative estimate of drug-likeness (QED) is 0.692. The van der Waals surface area contributed by atoms with Crippen LogP contribution in [0.15, 0.2) is 28.5 Å². The summed E-state index contributed by atoms with van der Waals surface area (Å²) >= 11 is 2.33. The molecule has 0 spiro atoms. The molecule has 4 N–H and O–H groups in total. The predicted molar refractivity (Wildman–Crippen MR) is 101 cm³/mol. The first-order valence-corrected chi connectivity index (χ1v) is 9.56. The fourth-order valence-corrected chi connectivity index (χ4v) is 4.30. The van der Waals surface area contributed by atoms with E-state index >= 15 is 0 Å². The first-order chi connectivity index (χ1) is 12.0. The lowest BCUT2D eigenvalue weighted by Gasteiger charge is -2.17. The average molecular weight is 377 g/mol. The Balaban J connectivity index is 1.74. The SMILES string of the molecule is CC(C)c1ccc2c(c1NC(=O)NSc1ccsc1C(N)=O)CCO2. The molecule has 3 rings (SSSR count). The van der Waals surface area contributed by atoms with Crippen LogP contribution in [-0.2, 0) is 6.42 Å². The van der Waals surface area contributed by atoms with Gasteiger partial charge in [-0.25, -0.2) is 4.79 Å². The third kappa shape index (κ3) is 3.74. The topological polar surface area (TPSA) is 93.5 Å². The lowest BCUT2D eigenvalue weighted by atomic mass is 9.96. The van der Waals surface area contributed by atoms with E-state index in [1.165, 1.54) is 11.3 Å². The maximum atomic E-state index is 12.4. The Morgan fingerprint density at radius 2 is 2.12 bits per heavy atom. The van der Waals surface area contributed by atoms with Crippen molar-refractivity contribution in [1.29, 1.82) is 0 Å². The Morgan fingerprint density at radius 3 is 2.84 bits per heavy atom. The molecule has 3 amide bonds. The fourth-order valence-electron chi connectivity index (χ4n) is 2.72. The van der Waals surface area contributed by atoms with Gasteiger partial charge in [0.05, 0.1) is 17.2 Å². The molecule has 0 aliphatic carbocycles. The average Bonchev–Trinajstić information content (AvgIpc) is 3.21. The number of anilines is 1. The second kappa shape index (κ2) is 7.37. The normalized spacial score (nSPS) is 12.6. The van der Waals surface area contributed by atoms with Crippen LogP contribution in [0.25, 0.3) is 0 Å². The predicted octanol–water partition coefficient (Wildman–Crippen LogP) is 3.73. The van der Waals surface area contributed by atoms with Crippen molar-refractivity contribution in [1.82, 2.24) is 4.72 Å². The molecule has 2 aromatic rings. The highest BCUT2D eigenvalue weighted by Gasteiger charge is 2.22. The zero-order valence-corrected chi connectivity index (χ0v) is 15.6. The summed E-state index contributed by atoms with van der Waals surface area (Å²) in [4.78, 5) is 24.8. The number of amides is 3. The minimum atomic E-state index is -0.500. The Hall–Kier alpha value is -2.19. The third-order valence-electron chi connectivity index (χ3n) is 3.88. The summed E-state index contributed by atoms with van der Waals surface area (Å²) in [6.45, 7) is 4.79. The smallest absolute Gasteiger partial charge is 0.329 e. The largest absolute Gasteiger partial charge is 0.493 e. The number of fused-ring (bicyclic) bond motifs is 1. The number of nitrogens with one attached hydrogen (secondary N) is 2. The summed E-state index contributed by atoms with van der Waals surface area (Å²) in [5.74, 6) is 0.591. The molecule has 0 saturated carbocycles. The Labute approximate surface area is 154 Å². The van der Waals surface area contributed by atoms with Crippen molar-refractivity contribution in [2.75, 3.05) is 11.9 Å². The molecule has 1 aromatic heterocycles. The fraction of sp³-hybridized carbons (Fsp3) is 0.294. The second-order valence-corrected chi connectivity index (χ2v) is 7.66. The monoisotopic (exact) mass is 377 g/mol. The second-order valence-electron chi connectivity index (χ2n) is 5.90. The highest BCUT2D eigenvalue weighted by atomic mass is 32.2. The number of carbonyl (C=O) groups excluding carboxylic acids is 2. The first-order valence-electron chi connectivity index (χ1n) is 7.87. The Bertz CT molecular complexity index is 817. The molecule has 0 radical (unpaired) electrons. The van der Waals surface area contributed by atoms with Crippen LogP contribution in [0.3, 0.4) is 0 Å². The molecule has 25 heavy (non-hydrogen) atoms. The van der Waals surface area contributed by atoms with Crippen LogP contribution in [0, 0.1) is 0 Å². The lowest BCUT2D eigenvalue weighted by molar-refractivity contribution is 0.100. The van der Waals surface area contributed by atoms with Crippen molar-refractivity contribution in [3.63, 3.8) is 0 Å². The van der Waals surface area contributed by atoms with E-state index in [9.17, 15) is 9.59 Å². The van der Waals surface area contributed by atoms with Crippen LogP contribution < -0.4 is 20.5 Å². The molecular weight excluding hydrogens is 358 g/mol. The van der Waals surface area contributed by atoms with E-state index in [4.69, 9.17) is 10.5 Å². The van der Waals surface area contributed by atoms with Gasteiger partial charge in [-0.3, -0.25) is 9.52 Å². The summed E-state index contributed by atoms with van der Waals surface area (Å²) in [6.07, 6.45) is 0.773. The van der Waals surface area contributed by atoms with Crippen LogP contribution in [0.5, 0.6) is 5.75 Å². The van der Waals surface area contributed by atoms with Gasteiger partial charge in [0.2, 0.25) is 0 Å². The summed E-state index contributed by atoms with van der Waals surface area (Å²) in [5, 5.41) is 4.70. The van der Waals surface area contributed by atoms with Crippen LogP contribution in [0.1, 0.15) is 40.6 Å². The standard InChI is InChI=1S/C17H19N3O3S2/c1-9(2)10-3-4-12-11(5-7-23-12)14(10)19-17(22)20-25-13-6-8-24-15(13)16(18)21/h3-4,6,8-9H,5,7H2,1-2H3,(H2,18,21)(H2,19,20,22). The summed E-state index contributed by atoms with van der Waals surface area (Å²) in [5.41, 5.74) is 8.22. The summed E-state index contributed by atoms with van der Waals surface area (Å²) in [6, 6.07) is 5.35. The zero-order valence-electron chi connectivity index (χ0n) is 13.9. The number of hydrogen-bond donors (Lipinski definition) is 3. The molecule has 0 bridgehead atoms. The number of primary amides is 1. The van der Waals surface area contributed by atoms with E-state index in [0.717, 1.165) is 40.9 Å². The van der Waals surface area contributed by atoms with Crippen molar-refractivity contribution < 1.29 is 14.3 Å². The van der Waals surface area contributed by atoms with Crippen LogP contribution >= 0.6 is 23.3 Å². The van der Waals surface area contributed by atoms with Gasteiger partial charge in [0.15, 0.2) is 0 Å². The van der Waals surface area contributed by atoms with Crippen LogP contribution in [-0.4, -0.2) is 18.5 Å². The molecule has 2 heterocycles. The van der Waals surface area contributed by atoms with Gasteiger partial charge in [0.25, 0.3) is 5.91 Å². The number of benzene rings is 1. The van der Waals surface area contributed by atoms with Gasteiger partial charge in [-0.15, -0.1) is 11.3 Å². The zero-order chi connectivity index (χ0) is 18.0. The molecule has 1 aromatic carbocycles. The number of ether oxygens (including phenoxy) is 1. The third-order valence-corrected chi connectivity index (χ3v) is 5.78. The molecule has 0 unspecified atom stereocenters. The Kier molecular flexibility index (Phi) is 5.19. The van der Waals surface area contributed by atoms with Crippen LogP contribution in [0.4, 0.5) is 10.5 Å². The number of hydrogen-bond acceptors (Lipinski definition) is 5. The van der Waals surface area contributed by atoms with E-state index in [1.807, 2.05) is 12.1 Å². The minimum Gasteiger partial charge on any atom is -0.493 e. The van der Waals surface area contributed by atoms with Crippen molar-refractivity contribution in [3.8, 4) is 5.75 Å². The van der Waals surface area contributed by atoms with E-state index in [1.54, 1.807) is 11.4 Å². The van der Waals surface area contributed by atoms with E-state index in [0.29, 0.717) is 16.4 Å². The molecule has 8 heteroatoms. The van der Waals surface area contributed by atoms with E-state index in [-0.39, 0.29) is 11.9 Å². The number of thiophene rings is 1. The molecule has 1 aliphatic rings. The highest BCUT2D eigenvalue weighted by molar-refractivity contribution is 7.98. The number of urea groups is 1. The molecule has 1 aliphatic heterocycles. The van der Waals surface area contributed by atoms with Gasteiger partial charge in [-0.2, -0.15) is 0 Å². The molecule has 6 nitrogen and oxygen atoms in total. The van der Waals surface area contributed by atoms with Crippen LogP contribution in [0.2, 0.25) is 0 Å². The van der Waals surface area contributed by atoms with E-state index < -0.39 is 5.91 Å². The summed E-state index contributed by atoms with van der Waals surface area (Å²) < 4.78 is 8.30. The highest BCUT2D eigenvalue weighted by Crippen LogP contribution is 2.37. The molecule has 0 fully saturated rings. The molecular formula is C17H19N3O3S2. The van der Waals surface area contributed by atoms with Gasteiger partial charge < -0.3 is 15.8 Å². The maximum Gasteiger partial charge on any atom is 0.329 e. The summed E-state index contributed by atoms with van der Waals surface area (Å²) in [7, 11) is 0. The first kappa shape index (κ1) is 17.6. The van der Waals surface area contributed by atoms with Crippen molar-refractivity contribution >= 4 is 40.9 Å². The van der Waals surface area contributed by atoms with Crippen molar-refractivity contribution in [2.45, 2.75) is 31.1 Å². The lowest BCUT2D eigenvalue weighted by Crippen LogP contribution is -2.24.